The van der Waals surface area contributed by atoms with Crippen LogP contribution >= 0.6 is 11.3 Å². The van der Waals surface area contributed by atoms with Gasteiger partial charge in [-0.25, -0.2) is 13.4 Å². The quantitative estimate of drug-likeness (QED) is 0.292. The van der Waals surface area contributed by atoms with Gasteiger partial charge in [-0.1, -0.05) is 30.3 Å². The van der Waals surface area contributed by atoms with Crippen molar-refractivity contribution >= 4 is 27.3 Å². The molecule has 198 valence electrons. The van der Waals surface area contributed by atoms with Crippen LogP contribution in [0.3, 0.4) is 0 Å². The predicted molar refractivity (Wildman–Crippen MR) is 144 cm³/mol. The number of fused-ring (bicyclic) bond motifs is 1. The summed E-state index contributed by atoms with van der Waals surface area (Å²) in [7, 11) is -3.62. The molecule has 0 radical (unpaired) electrons. The summed E-state index contributed by atoms with van der Waals surface area (Å²) in [5.41, 5.74) is 4.34. The molecule has 10 heteroatoms. The van der Waals surface area contributed by atoms with E-state index in [-0.39, 0.29) is 13.0 Å². The van der Waals surface area contributed by atoms with Crippen molar-refractivity contribution in [2.24, 2.45) is 0 Å². The van der Waals surface area contributed by atoms with Crippen LogP contribution in [0.4, 0.5) is 0 Å². The van der Waals surface area contributed by atoms with Gasteiger partial charge in [-0.15, -0.1) is 11.3 Å². The molecule has 2 aromatic carbocycles. The molecule has 1 aliphatic rings. The molecule has 8 nitrogen and oxygen atoms in total. The van der Waals surface area contributed by atoms with Crippen molar-refractivity contribution in [1.82, 2.24) is 9.29 Å². The summed E-state index contributed by atoms with van der Waals surface area (Å²) in [5.74, 6) is 1.12. The molecule has 3 heterocycles. The Kier molecular flexibility index (Phi) is 7.64. The van der Waals surface area contributed by atoms with Gasteiger partial charge in [0, 0.05) is 37.1 Å². The van der Waals surface area contributed by atoms with E-state index < -0.39 is 16.0 Å². The highest BCUT2D eigenvalue weighted by Gasteiger charge is 2.31. The molecule has 38 heavy (non-hydrogen) atoms. The van der Waals surface area contributed by atoms with Gasteiger partial charge in [0.2, 0.25) is 5.89 Å². The number of aryl methyl sites for hydroxylation is 2. The first kappa shape index (κ1) is 26.1. The van der Waals surface area contributed by atoms with E-state index in [1.165, 1.54) is 15.6 Å². The number of nitrogens with zero attached hydrogens (tertiary/aromatic N) is 2. The number of carboxylic acid groups (broad SMARTS) is 1. The molecular formula is C28H28N2O6S2. The Hall–Kier alpha value is -3.47. The normalized spacial score (nSPS) is 13.8. The molecular weight excluding hydrogens is 524 g/mol. The lowest BCUT2D eigenvalue weighted by Gasteiger charge is -2.30. The maximum Gasteiger partial charge on any atom is 0.303 e. The van der Waals surface area contributed by atoms with Crippen molar-refractivity contribution in [2.45, 2.75) is 43.4 Å². The first-order valence-corrected chi connectivity index (χ1v) is 14.7. The van der Waals surface area contributed by atoms with E-state index in [4.69, 9.17) is 9.15 Å². The Morgan fingerprint density at radius 1 is 1.11 bits per heavy atom. The number of benzene rings is 2. The third-order valence-electron chi connectivity index (χ3n) is 6.64. The molecule has 5 rings (SSSR count). The molecule has 0 fully saturated rings. The van der Waals surface area contributed by atoms with Crippen molar-refractivity contribution in [2.75, 3.05) is 13.2 Å². The van der Waals surface area contributed by atoms with Crippen LogP contribution in [-0.2, 0) is 40.6 Å². The first-order chi connectivity index (χ1) is 18.3. The van der Waals surface area contributed by atoms with E-state index in [9.17, 15) is 18.3 Å². The number of carbonyl (C=O) groups is 1. The maximum absolute atomic E-state index is 13.2. The second kappa shape index (κ2) is 11.1. The smallest absolute Gasteiger partial charge is 0.303 e. The number of aliphatic carboxylic acids is 1. The Balaban J connectivity index is 1.35. The Morgan fingerprint density at radius 3 is 2.66 bits per heavy atom. The average Bonchev–Trinajstić information content (AvgIpc) is 3.59. The van der Waals surface area contributed by atoms with Crippen molar-refractivity contribution < 1.29 is 27.5 Å². The third kappa shape index (κ3) is 5.52. The fourth-order valence-electron chi connectivity index (χ4n) is 4.66. The fourth-order valence-corrected chi connectivity index (χ4v) is 7.21. The SMILES string of the molecule is Cc1oc(-c2ccccc2)nc1CCOc1ccc(CCC(=O)O)c2c1CCN(S(=O)(=O)c1cccs1)C2. The molecule has 0 atom stereocenters. The van der Waals surface area contributed by atoms with Gasteiger partial charge in [-0.05, 0) is 60.5 Å². The van der Waals surface area contributed by atoms with Gasteiger partial charge in [0.25, 0.3) is 10.0 Å². The summed E-state index contributed by atoms with van der Waals surface area (Å²) in [6.45, 7) is 2.77. The fraction of sp³-hybridized carbons (Fsp3) is 0.286. The van der Waals surface area contributed by atoms with Crippen LogP contribution in [0.5, 0.6) is 5.75 Å². The predicted octanol–water partition coefficient (Wildman–Crippen LogP) is 5.10. The second-order valence-electron chi connectivity index (χ2n) is 9.08. The topological polar surface area (TPSA) is 110 Å². The van der Waals surface area contributed by atoms with Crippen LogP contribution in [0.2, 0.25) is 0 Å². The van der Waals surface area contributed by atoms with E-state index in [2.05, 4.69) is 4.98 Å². The van der Waals surface area contributed by atoms with Crippen molar-refractivity contribution in [3.05, 3.63) is 88.1 Å². The minimum absolute atomic E-state index is 0.0283. The number of rotatable bonds is 10. The number of oxazole rings is 1. The van der Waals surface area contributed by atoms with Crippen LogP contribution in [-0.4, -0.2) is 41.9 Å². The molecule has 4 aromatic rings. The van der Waals surface area contributed by atoms with Crippen LogP contribution < -0.4 is 4.74 Å². The lowest BCUT2D eigenvalue weighted by atomic mass is 9.92. The summed E-state index contributed by atoms with van der Waals surface area (Å²) in [6, 6.07) is 16.8. The molecule has 0 spiro atoms. The Bertz CT molecular complexity index is 1530. The highest BCUT2D eigenvalue weighted by Crippen LogP contribution is 2.35. The van der Waals surface area contributed by atoms with E-state index in [1.54, 1.807) is 17.5 Å². The highest BCUT2D eigenvalue weighted by atomic mass is 32.2. The minimum Gasteiger partial charge on any atom is -0.493 e. The van der Waals surface area contributed by atoms with Crippen LogP contribution in [0.15, 0.2) is 68.6 Å². The van der Waals surface area contributed by atoms with Gasteiger partial charge >= 0.3 is 5.97 Å². The zero-order valence-corrected chi connectivity index (χ0v) is 22.6. The summed E-state index contributed by atoms with van der Waals surface area (Å²) in [5, 5.41) is 11.0. The van der Waals surface area contributed by atoms with Crippen LogP contribution in [0.25, 0.3) is 11.5 Å². The first-order valence-electron chi connectivity index (χ1n) is 12.4. The number of hydrogen-bond acceptors (Lipinski definition) is 7. The van der Waals surface area contributed by atoms with Gasteiger partial charge in [0.15, 0.2) is 0 Å². The maximum atomic E-state index is 13.2. The summed E-state index contributed by atoms with van der Waals surface area (Å²) >= 11 is 1.19. The monoisotopic (exact) mass is 552 g/mol. The minimum atomic E-state index is -3.62. The number of hydrogen-bond donors (Lipinski definition) is 1. The molecule has 2 aromatic heterocycles. The van der Waals surface area contributed by atoms with E-state index in [1.807, 2.05) is 49.4 Å². The standard InChI is InChI=1S/C28H28N2O6S2/c1-19-24(29-28(36-19)21-6-3-2-4-7-21)14-16-35-25-11-9-20(10-12-26(31)32)23-18-30(15-13-22(23)25)38(33,34)27-8-5-17-37-27/h2-9,11,17H,10,12-16,18H2,1H3,(H,31,32). The molecule has 1 N–H and O–H groups in total. The van der Waals surface area contributed by atoms with Crippen molar-refractivity contribution in [3.8, 4) is 17.2 Å². The lowest BCUT2D eigenvalue weighted by molar-refractivity contribution is -0.136. The number of ether oxygens (including phenoxy) is 1. The molecule has 1 aliphatic heterocycles. The molecule has 0 saturated heterocycles. The number of aromatic nitrogens is 1. The van der Waals surface area contributed by atoms with Crippen LogP contribution in [0.1, 0.15) is 34.6 Å². The van der Waals surface area contributed by atoms with E-state index in [0.29, 0.717) is 48.3 Å². The molecule has 0 saturated carbocycles. The van der Waals surface area contributed by atoms with Crippen LogP contribution in [0, 0.1) is 6.92 Å². The largest absolute Gasteiger partial charge is 0.493 e. The number of thiophene rings is 1. The highest BCUT2D eigenvalue weighted by molar-refractivity contribution is 7.91. The van der Waals surface area contributed by atoms with Gasteiger partial charge in [0.1, 0.15) is 15.7 Å². The second-order valence-corrected chi connectivity index (χ2v) is 12.2. The molecule has 0 unspecified atom stereocenters. The van der Waals surface area contributed by atoms with E-state index in [0.717, 1.165) is 33.7 Å². The Morgan fingerprint density at radius 2 is 1.92 bits per heavy atom. The summed E-state index contributed by atoms with van der Waals surface area (Å²) in [6.07, 6.45) is 1.33. The zero-order valence-electron chi connectivity index (χ0n) is 20.9. The molecule has 0 bridgehead atoms. The van der Waals surface area contributed by atoms with Crippen molar-refractivity contribution in [1.29, 1.82) is 0 Å². The van der Waals surface area contributed by atoms with Gasteiger partial charge in [-0.3, -0.25) is 4.79 Å². The molecule has 0 amide bonds. The average molecular weight is 553 g/mol. The van der Waals surface area contributed by atoms with E-state index >= 15 is 0 Å². The van der Waals surface area contributed by atoms with Gasteiger partial charge in [0.05, 0.1) is 12.3 Å². The number of sulfonamides is 1. The lowest BCUT2D eigenvalue weighted by Crippen LogP contribution is -2.36. The summed E-state index contributed by atoms with van der Waals surface area (Å²) in [4.78, 5) is 15.9. The van der Waals surface area contributed by atoms with Gasteiger partial charge < -0.3 is 14.3 Å². The number of carboxylic acids is 1. The summed E-state index contributed by atoms with van der Waals surface area (Å²) < 4.78 is 40.2. The molecule has 0 aliphatic carbocycles. The zero-order chi connectivity index (χ0) is 26.7. The van der Waals surface area contributed by atoms with Crippen molar-refractivity contribution in [3.63, 3.8) is 0 Å². The third-order valence-corrected chi connectivity index (χ3v) is 9.86. The van der Waals surface area contributed by atoms with Gasteiger partial charge in [-0.2, -0.15) is 4.31 Å². The Labute approximate surface area is 225 Å².